The summed E-state index contributed by atoms with van der Waals surface area (Å²) in [5.41, 5.74) is 2.60. The Morgan fingerprint density at radius 2 is 1.84 bits per heavy atom. The van der Waals surface area contributed by atoms with Gasteiger partial charge in [0.05, 0.1) is 24.6 Å². The van der Waals surface area contributed by atoms with Gasteiger partial charge in [0.15, 0.2) is 11.5 Å². The van der Waals surface area contributed by atoms with Gasteiger partial charge in [0.1, 0.15) is 0 Å². The van der Waals surface area contributed by atoms with Crippen LogP contribution in [0.2, 0.25) is 5.02 Å². The van der Waals surface area contributed by atoms with E-state index < -0.39 is 0 Å². The van der Waals surface area contributed by atoms with Gasteiger partial charge in [-0.3, -0.25) is 4.79 Å². The van der Waals surface area contributed by atoms with E-state index >= 15 is 0 Å². The number of benzene rings is 2. The summed E-state index contributed by atoms with van der Waals surface area (Å²) in [6.45, 7) is 8.39. The molecule has 0 radical (unpaired) electrons. The molecule has 4 rings (SSSR count). The molecule has 0 atom stereocenters. The van der Waals surface area contributed by atoms with Crippen molar-refractivity contribution in [3.05, 3.63) is 53.1 Å². The largest absolute Gasteiger partial charge is 0.490 e. The van der Waals surface area contributed by atoms with E-state index in [9.17, 15) is 4.79 Å². The maximum Gasteiger partial charge on any atom is 0.248 e. The lowest BCUT2D eigenvalue weighted by molar-refractivity contribution is -0.111. The molecule has 2 aliphatic rings. The molecule has 0 aliphatic carbocycles. The molecule has 0 spiro atoms. The first-order valence-corrected chi connectivity index (χ1v) is 11.2. The number of nitrogens with zero attached hydrogens (tertiary/aromatic N) is 2. The van der Waals surface area contributed by atoms with Crippen LogP contribution in [0.15, 0.2) is 42.5 Å². The minimum absolute atomic E-state index is 0.206. The monoisotopic (exact) mass is 441 g/mol. The Kier molecular flexibility index (Phi) is 6.99. The van der Waals surface area contributed by atoms with Gasteiger partial charge >= 0.3 is 0 Å². The molecule has 2 heterocycles. The highest BCUT2D eigenvalue weighted by Crippen LogP contribution is 2.32. The number of rotatable bonds is 5. The van der Waals surface area contributed by atoms with Gasteiger partial charge in [0.2, 0.25) is 5.91 Å². The van der Waals surface area contributed by atoms with Gasteiger partial charge in [-0.05, 0) is 48.5 Å². The molecular formula is C24H28ClN3O3. The maximum absolute atomic E-state index is 12.7. The molecule has 1 saturated heterocycles. The van der Waals surface area contributed by atoms with Gasteiger partial charge in [0.25, 0.3) is 0 Å². The van der Waals surface area contributed by atoms with Crippen molar-refractivity contribution in [1.82, 2.24) is 4.90 Å². The van der Waals surface area contributed by atoms with Crippen molar-refractivity contribution in [2.75, 3.05) is 56.2 Å². The molecule has 0 aromatic heterocycles. The van der Waals surface area contributed by atoms with E-state index in [0.717, 1.165) is 61.8 Å². The van der Waals surface area contributed by atoms with Crippen molar-refractivity contribution in [3.63, 3.8) is 0 Å². The van der Waals surface area contributed by atoms with E-state index in [1.54, 1.807) is 6.08 Å². The third kappa shape index (κ3) is 5.51. The van der Waals surface area contributed by atoms with E-state index in [1.165, 1.54) is 6.08 Å². The first-order valence-electron chi connectivity index (χ1n) is 10.8. The van der Waals surface area contributed by atoms with Crippen molar-refractivity contribution >= 4 is 35.0 Å². The SMILES string of the molecule is CCN1CCN(c2ccc(Cl)cc2NC(=O)/C=C/c2ccc3c(c2)OCCCO3)CC1. The topological polar surface area (TPSA) is 54.0 Å². The number of piperazine rings is 1. The Balaban J connectivity index is 1.45. The second kappa shape index (κ2) is 10.1. The Hall–Kier alpha value is -2.70. The number of nitrogens with one attached hydrogen (secondary N) is 1. The molecule has 0 unspecified atom stereocenters. The summed E-state index contributed by atoms with van der Waals surface area (Å²) < 4.78 is 11.4. The maximum atomic E-state index is 12.7. The van der Waals surface area contributed by atoms with E-state index in [1.807, 2.05) is 36.4 Å². The summed E-state index contributed by atoms with van der Waals surface area (Å²) in [6, 6.07) is 11.3. The highest BCUT2D eigenvalue weighted by molar-refractivity contribution is 6.31. The van der Waals surface area contributed by atoms with Gasteiger partial charge in [-0.2, -0.15) is 0 Å². The highest BCUT2D eigenvalue weighted by Gasteiger charge is 2.19. The minimum atomic E-state index is -0.206. The van der Waals surface area contributed by atoms with E-state index in [0.29, 0.717) is 24.0 Å². The fraction of sp³-hybridized carbons (Fsp3) is 0.375. The van der Waals surface area contributed by atoms with Crippen molar-refractivity contribution < 1.29 is 14.3 Å². The lowest BCUT2D eigenvalue weighted by atomic mass is 10.1. The molecule has 6 nitrogen and oxygen atoms in total. The molecule has 1 fully saturated rings. The second-order valence-corrected chi connectivity index (χ2v) is 8.10. The van der Waals surface area contributed by atoms with Crippen molar-refractivity contribution in [2.24, 2.45) is 0 Å². The highest BCUT2D eigenvalue weighted by atomic mass is 35.5. The molecule has 2 aliphatic heterocycles. The molecule has 1 amide bonds. The van der Waals surface area contributed by atoms with Crippen LogP contribution in [-0.4, -0.2) is 56.7 Å². The Labute approximate surface area is 188 Å². The Morgan fingerprint density at radius 3 is 2.61 bits per heavy atom. The van der Waals surface area contributed by atoms with Crippen LogP contribution in [0.25, 0.3) is 6.08 Å². The van der Waals surface area contributed by atoms with Crippen LogP contribution in [0.1, 0.15) is 18.9 Å². The molecule has 164 valence electrons. The van der Waals surface area contributed by atoms with Crippen molar-refractivity contribution in [1.29, 1.82) is 0 Å². The van der Waals surface area contributed by atoms with Gasteiger partial charge in [-0.15, -0.1) is 0 Å². The summed E-state index contributed by atoms with van der Waals surface area (Å²) in [7, 11) is 0. The van der Waals surface area contributed by atoms with Crippen LogP contribution in [-0.2, 0) is 4.79 Å². The number of fused-ring (bicyclic) bond motifs is 1. The van der Waals surface area contributed by atoms with Crippen LogP contribution in [0.4, 0.5) is 11.4 Å². The number of carbonyl (C=O) groups excluding carboxylic acids is 1. The van der Waals surface area contributed by atoms with Crippen LogP contribution >= 0.6 is 11.6 Å². The van der Waals surface area contributed by atoms with E-state index in [4.69, 9.17) is 21.1 Å². The number of carbonyl (C=O) groups is 1. The Bertz CT molecular complexity index is 955. The number of likely N-dealkylation sites (N-methyl/N-ethyl adjacent to an activating group) is 1. The molecule has 7 heteroatoms. The van der Waals surface area contributed by atoms with Gasteiger partial charge in [0, 0.05) is 43.7 Å². The molecule has 0 saturated carbocycles. The number of amides is 1. The van der Waals surface area contributed by atoms with Crippen molar-refractivity contribution in [3.8, 4) is 11.5 Å². The second-order valence-electron chi connectivity index (χ2n) is 7.66. The number of hydrogen-bond acceptors (Lipinski definition) is 5. The molecule has 1 N–H and O–H groups in total. The normalized spacial score (nSPS) is 16.9. The Morgan fingerprint density at radius 1 is 1.06 bits per heavy atom. The lowest BCUT2D eigenvalue weighted by Crippen LogP contribution is -2.46. The minimum Gasteiger partial charge on any atom is -0.490 e. The molecule has 2 aromatic rings. The molecular weight excluding hydrogens is 414 g/mol. The van der Waals surface area contributed by atoms with Gasteiger partial charge in [-0.25, -0.2) is 0 Å². The molecule has 0 bridgehead atoms. The zero-order valence-electron chi connectivity index (χ0n) is 17.8. The van der Waals surface area contributed by atoms with Crippen LogP contribution < -0.4 is 19.7 Å². The van der Waals surface area contributed by atoms with Crippen LogP contribution in [0.3, 0.4) is 0 Å². The molecule has 31 heavy (non-hydrogen) atoms. The predicted molar refractivity (Wildman–Crippen MR) is 125 cm³/mol. The summed E-state index contributed by atoms with van der Waals surface area (Å²) >= 11 is 6.22. The summed E-state index contributed by atoms with van der Waals surface area (Å²) in [6.07, 6.45) is 4.16. The lowest BCUT2D eigenvalue weighted by Gasteiger charge is -2.36. The predicted octanol–water partition coefficient (Wildman–Crippen LogP) is 4.30. The fourth-order valence-corrected chi connectivity index (χ4v) is 3.99. The quantitative estimate of drug-likeness (QED) is 0.701. The van der Waals surface area contributed by atoms with Crippen LogP contribution in [0, 0.1) is 0 Å². The smallest absolute Gasteiger partial charge is 0.248 e. The van der Waals surface area contributed by atoms with Crippen LogP contribution in [0.5, 0.6) is 11.5 Å². The first kappa shape index (κ1) is 21.5. The number of halogens is 1. The number of hydrogen-bond donors (Lipinski definition) is 1. The third-order valence-electron chi connectivity index (χ3n) is 5.58. The third-order valence-corrected chi connectivity index (χ3v) is 5.81. The van der Waals surface area contributed by atoms with Gasteiger partial charge < -0.3 is 24.6 Å². The number of anilines is 2. The standard InChI is InChI=1S/C24H28ClN3O3/c1-2-27-10-12-28(13-11-27)21-7-6-19(25)17-20(21)26-24(29)9-5-18-4-8-22-23(16-18)31-15-3-14-30-22/h4-9,16-17H,2-3,10-15H2,1H3,(H,26,29)/b9-5+. The average molecular weight is 442 g/mol. The number of ether oxygens (including phenoxy) is 2. The average Bonchev–Trinajstić information content (AvgIpc) is 3.03. The molecule has 2 aromatic carbocycles. The summed E-state index contributed by atoms with van der Waals surface area (Å²) in [5.74, 6) is 1.25. The first-order chi connectivity index (χ1) is 15.1. The van der Waals surface area contributed by atoms with Crippen molar-refractivity contribution in [2.45, 2.75) is 13.3 Å². The zero-order chi connectivity index (χ0) is 21.6. The zero-order valence-corrected chi connectivity index (χ0v) is 18.5. The van der Waals surface area contributed by atoms with E-state index in [2.05, 4.69) is 22.0 Å². The summed E-state index contributed by atoms with van der Waals surface area (Å²) in [4.78, 5) is 17.4. The van der Waals surface area contributed by atoms with E-state index in [-0.39, 0.29) is 5.91 Å². The fourth-order valence-electron chi connectivity index (χ4n) is 3.82. The van der Waals surface area contributed by atoms with Gasteiger partial charge in [-0.1, -0.05) is 24.6 Å². The summed E-state index contributed by atoms with van der Waals surface area (Å²) in [5, 5.41) is 3.59.